The predicted octanol–water partition coefficient (Wildman–Crippen LogP) is 2.32. The number of carbonyl (C=O) groups is 2. The van der Waals surface area contributed by atoms with Gasteiger partial charge in [0.1, 0.15) is 11.0 Å². The number of amides is 1. The van der Waals surface area contributed by atoms with Gasteiger partial charge in [-0.15, -0.1) is 0 Å². The van der Waals surface area contributed by atoms with Gasteiger partial charge in [-0.05, 0) is 24.1 Å². The molecule has 0 radical (unpaired) electrons. The quantitative estimate of drug-likeness (QED) is 0.871. The van der Waals surface area contributed by atoms with Gasteiger partial charge in [0.05, 0.1) is 11.7 Å². The number of hydrogen-bond donors (Lipinski definition) is 0. The van der Waals surface area contributed by atoms with Crippen molar-refractivity contribution >= 4 is 51.2 Å². The van der Waals surface area contributed by atoms with Crippen LogP contribution in [0.15, 0.2) is 18.2 Å². The molecule has 20 heavy (non-hydrogen) atoms. The van der Waals surface area contributed by atoms with Gasteiger partial charge < -0.3 is 4.90 Å². The van der Waals surface area contributed by atoms with Gasteiger partial charge in [0, 0.05) is 31.3 Å². The van der Waals surface area contributed by atoms with Gasteiger partial charge in [0.25, 0.3) is 0 Å². The van der Waals surface area contributed by atoms with E-state index in [1.807, 2.05) is 18.2 Å². The lowest BCUT2D eigenvalue weighted by Gasteiger charge is -2.16. The monoisotopic (exact) mass is 307 g/mol. The topological polar surface area (TPSA) is 63.2 Å². The van der Waals surface area contributed by atoms with Crippen LogP contribution in [0.25, 0.3) is 11.0 Å². The third-order valence-electron chi connectivity index (χ3n) is 3.28. The zero-order valence-electron chi connectivity index (χ0n) is 10.9. The summed E-state index contributed by atoms with van der Waals surface area (Å²) in [6.45, 7) is 2.23. The second-order valence-electron chi connectivity index (χ2n) is 4.81. The van der Waals surface area contributed by atoms with Crippen molar-refractivity contribution in [3.63, 3.8) is 0 Å². The molecule has 3 rings (SSSR count). The number of anilines is 1. The van der Waals surface area contributed by atoms with Crippen LogP contribution < -0.4 is 4.90 Å². The number of carbonyl (C=O) groups excluding carboxylic acids is 2. The molecule has 1 amide bonds. The Labute approximate surface area is 124 Å². The van der Waals surface area contributed by atoms with Gasteiger partial charge in [-0.25, -0.2) is 0 Å². The van der Waals surface area contributed by atoms with Crippen LogP contribution in [0.2, 0.25) is 0 Å². The van der Waals surface area contributed by atoms with E-state index in [0.717, 1.165) is 16.7 Å². The highest BCUT2D eigenvalue weighted by Crippen LogP contribution is 2.29. The van der Waals surface area contributed by atoms with Gasteiger partial charge >= 0.3 is 0 Å². The fourth-order valence-corrected chi connectivity index (χ4v) is 3.53. The molecule has 0 aliphatic carbocycles. The molecule has 0 saturated carbocycles. The molecule has 1 aromatic carbocycles. The lowest BCUT2D eigenvalue weighted by Crippen LogP contribution is -2.24. The molecule has 1 aliphatic rings. The average Bonchev–Trinajstić information content (AvgIpc) is 3.01. The van der Waals surface area contributed by atoms with E-state index >= 15 is 0 Å². The minimum absolute atomic E-state index is 0.103. The van der Waals surface area contributed by atoms with Crippen LogP contribution in [0.5, 0.6) is 0 Å². The molecule has 2 aromatic rings. The average molecular weight is 307 g/mol. The van der Waals surface area contributed by atoms with Crippen molar-refractivity contribution in [1.29, 1.82) is 0 Å². The second-order valence-corrected chi connectivity index (χ2v) is 6.54. The number of fused-ring (bicyclic) bond motifs is 1. The molecule has 104 valence electrons. The highest BCUT2D eigenvalue weighted by Gasteiger charge is 2.30. The van der Waals surface area contributed by atoms with Crippen molar-refractivity contribution in [3.05, 3.63) is 18.2 Å². The standard InChI is InChI=1S/C13H13N3O2S2/c1-8(17)19-7-9-4-13(18)16(6-9)10-2-3-11-12(5-10)15-20-14-11/h2-3,5,9H,4,6-7H2,1H3. The van der Waals surface area contributed by atoms with Crippen LogP contribution >= 0.6 is 23.5 Å². The van der Waals surface area contributed by atoms with Crippen molar-refractivity contribution in [2.75, 3.05) is 17.2 Å². The van der Waals surface area contributed by atoms with Crippen molar-refractivity contribution in [1.82, 2.24) is 8.75 Å². The van der Waals surface area contributed by atoms with Crippen molar-refractivity contribution in [2.45, 2.75) is 13.3 Å². The molecule has 2 heterocycles. The highest BCUT2D eigenvalue weighted by molar-refractivity contribution is 8.13. The molecule has 1 aliphatic heterocycles. The highest BCUT2D eigenvalue weighted by atomic mass is 32.2. The fourth-order valence-electron chi connectivity index (χ4n) is 2.32. The summed E-state index contributed by atoms with van der Waals surface area (Å²) in [6.07, 6.45) is 0.508. The number of rotatable bonds is 3. The fraction of sp³-hybridized carbons (Fsp3) is 0.385. The van der Waals surface area contributed by atoms with Crippen LogP contribution in [0.3, 0.4) is 0 Å². The van der Waals surface area contributed by atoms with Crippen LogP contribution in [0.1, 0.15) is 13.3 Å². The minimum Gasteiger partial charge on any atom is -0.312 e. The molecule has 5 nitrogen and oxygen atoms in total. The summed E-state index contributed by atoms with van der Waals surface area (Å²) >= 11 is 2.47. The molecule has 0 N–H and O–H groups in total. The summed E-state index contributed by atoms with van der Waals surface area (Å²) in [6, 6.07) is 5.69. The third kappa shape index (κ3) is 2.69. The molecule has 1 unspecified atom stereocenters. The van der Waals surface area contributed by atoms with Gasteiger partial charge in [-0.1, -0.05) is 11.8 Å². The molecule has 0 spiro atoms. The molecular formula is C13H13N3O2S2. The molecule has 1 saturated heterocycles. The number of nitrogens with zero attached hydrogens (tertiary/aromatic N) is 3. The van der Waals surface area contributed by atoms with Crippen LogP contribution in [-0.4, -0.2) is 32.1 Å². The van der Waals surface area contributed by atoms with E-state index in [1.165, 1.54) is 23.5 Å². The third-order valence-corrected chi connectivity index (χ3v) is 4.88. The Hall–Kier alpha value is -1.47. The molecule has 1 fully saturated rings. The number of thioether (sulfide) groups is 1. The second kappa shape index (κ2) is 5.49. The maximum atomic E-state index is 12.1. The smallest absolute Gasteiger partial charge is 0.227 e. The first kappa shape index (κ1) is 13.5. The Morgan fingerprint density at radius 1 is 1.45 bits per heavy atom. The molecule has 7 heteroatoms. The largest absolute Gasteiger partial charge is 0.312 e. The maximum absolute atomic E-state index is 12.1. The van der Waals surface area contributed by atoms with Crippen LogP contribution in [0, 0.1) is 5.92 Å². The van der Waals surface area contributed by atoms with E-state index in [-0.39, 0.29) is 16.9 Å². The van der Waals surface area contributed by atoms with Crippen molar-refractivity contribution in [2.24, 2.45) is 5.92 Å². The van der Waals surface area contributed by atoms with Gasteiger partial charge in [-0.2, -0.15) is 8.75 Å². The number of benzene rings is 1. The Balaban J connectivity index is 1.76. The van der Waals surface area contributed by atoms with Gasteiger partial charge in [0.15, 0.2) is 5.12 Å². The predicted molar refractivity (Wildman–Crippen MR) is 81.0 cm³/mol. The van der Waals surface area contributed by atoms with Crippen molar-refractivity contribution in [3.8, 4) is 0 Å². The van der Waals surface area contributed by atoms with Crippen LogP contribution in [-0.2, 0) is 9.59 Å². The first-order chi connectivity index (χ1) is 9.63. The van der Waals surface area contributed by atoms with Gasteiger partial charge in [0.2, 0.25) is 5.91 Å². The van der Waals surface area contributed by atoms with Gasteiger partial charge in [-0.3, -0.25) is 9.59 Å². The molecule has 0 bridgehead atoms. The lowest BCUT2D eigenvalue weighted by atomic mass is 10.1. The summed E-state index contributed by atoms with van der Waals surface area (Å²) in [4.78, 5) is 24.9. The first-order valence-electron chi connectivity index (χ1n) is 6.29. The first-order valence-corrected chi connectivity index (χ1v) is 8.01. The number of aromatic nitrogens is 2. The minimum atomic E-state index is 0.103. The number of hydrogen-bond acceptors (Lipinski definition) is 6. The Kier molecular flexibility index (Phi) is 3.71. The Morgan fingerprint density at radius 2 is 2.25 bits per heavy atom. The van der Waals surface area contributed by atoms with E-state index in [9.17, 15) is 9.59 Å². The molecule has 1 atom stereocenters. The van der Waals surface area contributed by atoms with E-state index in [2.05, 4.69) is 8.75 Å². The van der Waals surface area contributed by atoms with Crippen molar-refractivity contribution < 1.29 is 9.59 Å². The zero-order chi connectivity index (χ0) is 14.1. The SMILES string of the molecule is CC(=O)SCC1CC(=O)N(c2ccc3nsnc3c2)C1. The van der Waals surface area contributed by atoms with E-state index in [0.29, 0.717) is 18.7 Å². The Bertz CT molecular complexity index is 670. The lowest BCUT2D eigenvalue weighted by molar-refractivity contribution is -0.117. The Morgan fingerprint density at radius 3 is 3.05 bits per heavy atom. The summed E-state index contributed by atoms with van der Waals surface area (Å²) in [5.74, 6) is 1.06. The van der Waals surface area contributed by atoms with E-state index < -0.39 is 0 Å². The van der Waals surface area contributed by atoms with E-state index in [1.54, 1.807) is 11.8 Å². The zero-order valence-corrected chi connectivity index (χ0v) is 12.5. The summed E-state index contributed by atoms with van der Waals surface area (Å²) in [5, 5.41) is 0.103. The summed E-state index contributed by atoms with van der Waals surface area (Å²) in [5.41, 5.74) is 2.54. The summed E-state index contributed by atoms with van der Waals surface area (Å²) in [7, 11) is 0. The van der Waals surface area contributed by atoms with E-state index in [4.69, 9.17) is 0 Å². The molecule has 1 aromatic heterocycles. The maximum Gasteiger partial charge on any atom is 0.227 e. The normalized spacial score (nSPS) is 18.9. The molecular weight excluding hydrogens is 294 g/mol. The summed E-state index contributed by atoms with van der Waals surface area (Å²) < 4.78 is 8.35. The van der Waals surface area contributed by atoms with Crippen LogP contribution in [0.4, 0.5) is 5.69 Å².